The Morgan fingerprint density at radius 2 is 1.64 bits per heavy atom. The maximum absolute atomic E-state index is 13.9. The van der Waals surface area contributed by atoms with E-state index in [0.29, 0.717) is 29.8 Å². The highest BCUT2D eigenvalue weighted by Crippen LogP contribution is 2.43. The van der Waals surface area contributed by atoms with Crippen LogP contribution in [0.5, 0.6) is 5.75 Å². The van der Waals surface area contributed by atoms with Crippen LogP contribution >= 0.6 is 15.9 Å². The van der Waals surface area contributed by atoms with Crippen LogP contribution in [0.2, 0.25) is 0 Å². The van der Waals surface area contributed by atoms with Gasteiger partial charge < -0.3 is 4.74 Å². The summed E-state index contributed by atoms with van der Waals surface area (Å²) in [5, 5.41) is 0. The molecule has 0 bridgehead atoms. The van der Waals surface area contributed by atoms with Crippen LogP contribution in [-0.4, -0.2) is 59.6 Å². The van der Waals surface area contributed by atoms with Crippen LogP contribution in [0.1, 0.15) is 31.8 Å². The number of hydrogen-bond acceptors (Lipinski definition) is 6. The number of halogens is 1. The number of aromatic nitrogens is 1. The Morgan fingerprint density at radius 1 is 0.939 bits per heavy atom. The number of carbonyl (C=O) groups is 2. The molecule has 0 spiro atoms. The van der Waals surface area contributed by atoms with E-state index in [1.807, 2.05) is 41.3 Å². The number of Topliss-reactive ketones (excluding diaryl/α,β-unsaturated/α-hetero) is 2. The van der Waals surface area contributed by atoms with Crippen LogP contribution < -0.4 is 4.74 Å². The molecule has 2 aromatic carbocycles. The zero-order chi connectivity index (χ0) is 23.0. The summed E-state index contributed by atoms with van der Waals surface area (Å²) in [5.41, 5.74) is 1.39. The topological polar surface area (TPSA) is 62.7 Å². The largest absolute Gasteiger partial charge is 0.497 e. The van der Waals surface area contributed by atoms with Gasteiger partial charge in [-0.05, 0) is 39.7 Å². The van der Waals surface area contributed by atoms with Crippen molar-refractivity contribution in [3.63, 3.8) is 0 Å². The molecule has 3 aromatic rings. The highest BCUT2D eigenvalue weighted by Gasteiger charge is 2.58. The van der Waals surface area contributed by atoms with Gasteiger partial charge in [0.15, 0.2) is 17.1 Å². The summed E-state index contributed by atoms with van der Waals surface area (Å²) < 4.78 is 6.09. The third-order valence-electron chi connectivity index (χ3n) is 6.58. The third kappa shape index (κ3) is 3.70. The minimum atomic E-state index is -1.37. The van der Waals surface area contributed by atoms with Crippen molar-refractivity contribution in [1.82, 2.24) is 14.8 Å². The molecule has 0 N–H and O–H groups in total. The minimum absolute atomic E-state index is 0.163. The molecule has 2 aliphatic rings. The standard InChI is InChI=1S/C26H24BrN3O3/c1-33-21-6-4-5-18(13-21)17-29-9-11-30(12-10-29)26(19-14-20(27)16-28-15-19)24(31)22-7-2-3-8-23(22)25(26)32/h2-8,13-16H,9-12,17H2,1H3. The summed E-state index contributed by atoms with van der Waals surface area (Å²) in [6.07, 6.45) is 3.31. The van der Waals surface area contributed by atoms with Gasteiger partial charge >= 0.3 is 0 Å². The molecule has 1 aromatic heterocycles. The van der Waals surface area contributed by atoms with E-state index in [0.717, 1.165) is 29.9 Å². The molecule has 168 valence electrons. The number of carbonyl (C=O) groups excluding carboxylic acids is 2. The Bertz CT molecular complexity index is 1190. The number of piperazine rings is 1. The zero-order valence-corrected chi connectivity index (χ0v) is 19.9. The van der Waals surface area contributed by atoms with Crippen molar-refractivity contribution < 1.29 is 14.3 Å². The Morgan fingerprint density at radius 3 is 2.27 bits per heavy atom. The van der Waals surface area contributed by atoms with Gasteiger partial charge in [-0.25, -0.2) is 0 Å². The van der Waals surface area contributed by atoms with Crippen LogP contribution in [0.4, 0.5) is 0 Å². The van der Waals surface area contributed by atoms with E-state index in [-0.39, 0.29) is 11.6 Å². The summed E-state index contributed by atoms with van der Waals surface area (Å²) in [6.45, 7) is 3.48. The lowest BCUT2D eigenvalue weighted by Gasteiger charge is -2.44. The molecule has 1 aliphatic carbocycles. The van der Waals surface area contributed by atoms with Crippen LogP contribution in [0, 0.1) is 0 Å². The van der Waals surface area contributed by atoms with Gasteiger partial charge in [-0.15, -0.1) is 0 Å². The maximum Gasteiger partial charge on any atom is 0.196 e. The third-order valence-corrected chi connectivity index (χ3v) is 7.02. The molecule has 0 atom stereocenters. The molecular formula is C26H24BrN3O3. The Kier molecular flexibility index (Phi) is 5.86. The molecule has 0 saturated carbocycles. The predicted octanol–water partition coefficient (Wildman–Crippen LogP) is 3.95. The van der Waals surface area contributed by atoms with Crippen molar-refractivity contribution in [3.8, 4) is 5.75 Å². The summed E-state index contributed by atoms with van der Waals surface area (Å²) in [5.74, 6) is 0.514. The van der Waals surface area contributed by atoms with Gasteiger partial charge in [0, 0.05) is 66.3 Å². The second kappa shape index (κ2) is 8.82. The van der Waals surface area contributed by atoms with Crippen molar-refractivity contribution in [2.24, 2.45) is 0 Å². The van der Waals surface area contributed by atoms with Gasteiger partial charge in [-0.2, -0.15) is 0 Å². The first-order valence-electron chi connectivity index (χ1n) is 10.9. The van der Waals surface area contributed by atoms with Crippen LogP contribution in [-0.2, 0) is 12.1 Å². The molecule has 2 heterocycles. The van der Waals surface area contributed by atoms with Crippen molar-refractivity contribution >= 4 is 27.5 Å². The fraction of sp³-hybridized carbons (Fsp3) is 0.269. The Labute approximate surface area is 201 Å². The van der Waals surface area contributed by atoms with Crippen molar-refractivity contribution in [2.75, 3.05) is 33.3 Å². The van der Waals surface area contributed by atoms with E-state index >= 15 is 0 Å². The SMILES string of the molecule is COc1cccc(CN2CCN(C3(c4cncc(Br)c4)C(=O)c4ccccc4C3=O)CC2)c1. The van der Waals surface area contributed by atoms with Crippen molar-refractivity contribution in [1.29, 1.82) is 0 Å². The Hall–Kier alpha value is -2.87. The molecule has 1 saturated heterocycles. The molecule has 5 rings (SSSR count). The molecule has 33 heavy (non-hydrogen) atoms. The maximum atomic E-state index is 13.9. The average molecular weight is 506 g/mol. The Balaban J connectivity index is 1.45. The lowest BCUT2D eigenvalue weighted by molar-refractivity contribution is 0.0278. The van der Waals surface area contributed by atoms with Crippen LogP contribution in [0.3, 0.4) is 0 Å². The number of methoxy groups -OCH3 is 1. The number of fused-ring (bicyclic) bond motifs is 1. The highest BCUT2D eigenvalue weighted by molar-refractivity contribution is 9.10. The number of rotatable bonds is 5. The van der Waals surface area contributed by atoms with Crippen LogP contribution in [0.15, 0.2) is 71.5 Å². The predicted molar refractivity (Wildman–Crippen MR) is 129 cm³/mol. The number of ketones is 2. The lowest BCUT2D eigenvalue weighted by Crippen LogP contribution is -2.60. The molecule has 0 radical (unpaired) electrons. The second-order valence-corrected chi connectivity index (χ2v) is 9.34. The molecule has 1 aliphatic heterocycles. The van der Waals surface area contributed by atoms with Gasteiger partial charge in [0.05, 0.1) is 7.11 Å². The molecule has 1 fully saturated rings. The fourth-order valence-electron chi connectivity index (χ4n) is 4.98. The first-order valence-corrected chi connectivity index (χ1v) is 11.7. The summed E-state index contributed by atoms with van der Waals surface area (Å²) in [7, 11) is 1.67. The molecule has 0 unspecified atom stereocenters. The van der Waals surface area contributed by atoms with Gasteiger partial charge in [0.2, 0.25) is 0 Å². The first kappa shape index (κ1) is 21.9. The number of benzene rings is 2. The zero-order valence-electron chi connectivity index (χ0n) is 18.3. The smallest absolute Gasteiger partial charge is 0.196 e. The van der Waals surface area contributed by atoms with E-state index in [2.05, 4.69) is 31.9 Å². The number of hydrogen-bond donors (Lipinski definition) is 0. The average Bonchev–Trinajstić information content (AvgIpc) is 3.07. The van der Waals surface area contributed by atoms with Crippen LogP contribution in [0.25, 0.3) is 0 Å². The molecule has 6 nitrogen and oxygen atoms in total. The van der Waals surface area contributed by atoms with Gasteiger partial charge in [-0.3, -0.25) is 24.4 Å². The van der Waals surface area contributed by atoms with Gasteiger partial charge in [0.1, 0.15) is 5.75 Å². The summed E-state index contributed by atoms with van der Waals surface area (Å²) in [6, 6.07) is 17.0. The summed E-state index contributed by atoms with van der Waals surface area (Å²) >= 11 is 3.47. The first-order chi connectivity index (χ1) is 16.0. The molecular weight excluding hydrogens is 482 g/mol. The van der Waals surface area contributed by atoms with E-state index in [4.69, 9.17) is 4.74 Å². The van der Waals surface area contributed by atoms with Gasteiger partial charge in [-0.1, -0.05) is 36.4 Å². The number of pyridine rings is 1. The quantitative estimate of drug-likeness (QED) is 0.489. The second-order valence-electron chi connectivity index (χ2n) is 8.42. The van der Waals surface area contributed by atoms with Crippen molar-refractivity contribution in [3.05, 3.63) is 93.7 Å². The van der Waals surface area contributed by atoms with E-state index in [1.54, 1.807) is 31.6 Å². The van der Waals surface area contributed by atoms with Crippen molar-refractivity contribution in [2.45, 2.75) is 12.1 Å². The number of ether oxygens (including phenoxy) is 1. The highest BCUT2D eigenvalue weighted by atomic mass is 79.9. The monoisotopic (exact) mass is 505 g/mol. The summed E-state index contributed by atoms with van der Waals surface area (Å²) in [4.78, 5) is 36.4. The minimum Gasteiger partial charge on any atom is -0.497 e. The van der Waals surface area contributed by atoms with E-state index in [1.165, 1.54) is 5.56 Å². The van der Waals surface area contributed by atoms with E-state index < -0.39 is 5.54 Å². The molecule has 0 amide bonds. The number of nitrogens with zero attached hydrogens (tertiary/aromatic N) is 3. The van der Waals surface area contributed by atoms with E-state index in [9.17, 15) is 9.59 Å². The van der Waals surface area contributed by atoms with Gasteiger partial charge in [0.25, 0.3) is 0 Å². The lowest BCUT2D eigenvalue weighted by atomic mass is 9.83. The fourth-order valence-corrected chi connectivity index (χ4v) is 5.35. The molecule has 7 heteroatoms. The normalized spacial score (nSPS) is 18.4.